The predicted molar refractivity (Wildman–Crippen MR) is 96.7 cm³/mol. The van der Waals surface area contributed by atoms with E-state index in [1.807, 2.05) is 6.07 Å². The van der Waals surface area contributed by atoms with Gasteiger partial charge in [-0.15, -0.1) is 0 Å². The summed E-state index contributed by atoms with van der Waals surface area (Å²) >= 11 is 0. The second kappa shape index (κ2) is 8.80. The van der Waals surface area contributed by atoms with Gasteiger partial charge in [0.2, 0.25) is 0 Å². The molecule has 4 nitrogen and oxygen atoms in total. The number of carbonyl (C=O) groups excluding carboxylic acids is 1. The third-order valence-corrected chi connectivity index (χ3v) is 3.62. The van der Waals surface area contributed by atoms with Gasteiger partial charge in [0.15, 0.2) is 6.61 Å². The fourth-order valence-corrected chi connectivity index (χ4v) is 2.29. The maximum Gasteiger partial charge on any atom is 0.258 e. The van der Waals surface area contributed by atoms with E-state index in [1.165, 1.54) is 48.5 Å². The number of benzene rings is 3. The van der Waals surface area contributed by atoms with E-state index in [0.29, 0.717) is 23.8 Å². The van der Waals surface area contributed by atoms with Gasteiger partial charge in [0.05, 0.1) is 0 Å². The Bertz CT molecular complexity index is 896. The molecule has 0 aliphatic heterocycles. The highest BCUT2D eigenvalue weighted by molar-refractivity contribution is 5.77. The second-order valence-electron chi connectivity index (χ2n) is 5.72. The summed E-state index contributed by atoms with van der Waals surface area (Å²) in [4.78, 5) is 11.9. The van der Waals surface area contributed by atoms with E-state index in [9.17, 15) is 13.6 Å². The molecule has 1 amide bonds. The molecule has 0 spiro atoms. The minimum absolute atomic E-state index is 0.169. The Labute approximate surface area is 155 Å². The maximum absolute atomic E-state index is 12.9. The van der Waals surface area contributed by atoms with Gasteiger partial charge in [-0.3, -0.25) is 4.79 Å². The molecule has 0 aliphatic rings. The van der Waals surface area contributed by atoms with Gasteiger partial charge in [0.1, 0.15) is 28.9 Å². The molecule has 0 fully saturated rings. The topological polar surface area (TPSA) is 47.6 Å². The molecule has 0 heterocycles. The van der Waals surface area contributed by atoms with Crippen molar-refractivity contribution in [3.63, 3.8) is 0 Å². The molecule has 1 N–H and O–H groups in total. The van der Waals surface area contributed by atoms with Crippen molar-refractivity contribution in [2.75, 3.05) is 6.61 Å². The van der Waals surface area contributed by atoms with Gasteiger partial charge < -0.3 is 14.8 Å². The van der Waals surface area contributed by atoms with E-state index in [1.54, 1.807) is 18.2 Å². The lowest BCUT2D eigenvalue weighted by Crippen LogP contribution is -2.28. The fraction of sp³-hybridized carbons (Fsp3) is 0.0952. The molecular formula is C21H17F2NO3. The van der Waals surface area contributed by atoms with Crippen LogP contribution in [0.15, 0.2) is 72.8 Å². The smallest absolute Gasteiger partial charge is 0.258 e. The summed E-state index contributed by atoms with van der Waals surface area (Å²) in [6.07, 6.45) is 0. The largest absolute Gasteiger partial charge is 0.484 e. The Morgan fingerprint density at radius 1 is 0.815 bits per heavy atom. The molecule has 6 heteroatoms. The van der Waals surface area contributed by atoms with Crippen LogP contribution in [0.4, 0.5) is 8.78 Å². The van der Waals surface area contributed by atoms with E-state index in [4.69, 9.17) is 9.47 Å². The Balaban J connectivity index is 1.49. The van der Waals surface area contributed by atoms with E-state index < -0.39 is 0 Å². The Morgan fingerprint density at radius 3 is 2.11 bits per heavy atom. The van der Waals surface area contributed by atoms with Crippen molar-refractivity contribution in [3.8, 4) is 17.2 Å². The molecule has 0 radical (unpaired) electrons. The van der Waals surface area contributed by atoms with E-state index in [-0.39, 0.29) is 24.1 Å². The minimum atomic E-state index is -0.366. The Hall–Kier alpha value is -3.41. The number of ether oxygens (including phenoxy) is 2. The van der Waals surface area contributed by atoms with Gasteiger partial charge in [0, 0.05) is 6.54 Å². The highest BCUT2D eigenvalue weighted by Crippen LogP contribution is 2.22. The molecular weight excluding hydrogens is 352 g/mol. The highest BCUT2D eigenvalue weighted by Gasteiger charge is 2.05. The predicted octanol–water partition coefficient (Wildman–Crippen LogP) is 4.45. The van der Waals surface area contributed by atoms with Gasteiger partial charge in [-0.2, -0.15) is 0 Å². The van der Waals surface area contributed by atoms with Crippen molar-refractivity contribution < 1.29 is 23.0 Å². The average molecular weight is 369 g/mol. The molecule has 0 aromatic heterocycles. The molecule has 0 saturated carbocycles. The van der Waals surface area contributed by atoms with Gasteiger partial charge in [-0.05, 0) is 66.2 Å². The van der Waals surface area contributed by atoms with E-state index in [0.717, 1.165) is 5.56 Å². The van der Waals surface area contributed by atoms with Crippen LogP contribution in [0.1, 0.15) is 5.56 Å². The number of rotatable bonds is 7. The number of halogens is 2. The number of nitrogens with one attached hydrogen (secondary N) is 1. The first-order valence-corrected chi connectivity index (χ1v) is 8.26. The lowest BCUT2D eigenvalue weighted by molar-refractivity contribution is -0.123. The van der Waals surface area contributed by atoms with Crippen LogP contribution in [0.3, 0.4) is 0 Å². The number of amides is 1. The average Bonchev–Trinajstić information content (AvgIpc) is 2.68. The lowest BCUT2D eigenvalue weighted by atomic mass is 10.2. The Kier molecular flexibility index (Phi) is 5.99. The summed E-state index contributed by atoms with van der Waals surface area (Å²) in [6.45, 7) is 0.129. The van der Waals surface area contributed by atoms with Gasteiger partial charge >= 0.3 is 0 Å². The van der Waals surface area contributed by atoms with Crippen LogP contribution in [-0.4, -0.2) is 12.5 Å². The number of hydrogen-bond acceptors (Lipinski definition) is 3. The maximum atomic E-state index is 12.9. The van der Waals surface area contributed by atoms with Crippen LogP contribution in [-0.2, 0) is 11.3 Å². The summed E-state index contributed by atoms with van der Waals surface area (Å²) in [5.41, 5.74) is 0.838. The molecule has 0 atom stereocenters. The monoisotopic (exact) mass is 369 g/mol. The molecule has 0 saturated heterocycles. The summed E-state index contributed by atoms with van der Waals surface area (Å²) in [7, 11) is 0. The van der Waals surface area contributed by atoms with E-state index >= 15 is 0 Å². The van der Waals surface area contributed by atoms with Crippen molar-refractivity contribution in [2.45, 2.75) is 6.54 Å². The molecule has 3 aromatic carbocycles. The van der Waals surface area contributed by atoms with Crippen LogP contribution < -0.4 is 14.8 Å². The molecule has 3 aromatic rings. The molecule has 0 aliphatic carbocycles. The SMILES string of the molecule is O=C(COc1ccc(F)cc1)NCc1cccc(Oc2ccc(F)cc2)c1. The third kappa shape index (κ3) is 5.81. The number of hydrogen-bond donors (Lipinski definition) is 1. The minimum Gasteiger partial charge on any atom is -0.484 e. The van der Waals surface area contributed by atoms with Crippen molar-refractivity contribution in [1.82, 2.24) is 5.32 Å². The molecule has 0 unspecified atom stereocenters. The first-order chi connectivity index (χ1) is 13.1. The number of carbonyl (C=O) groups is 1. The zero-order valence-corrected chi connectivity index (χ0v) is 14.3. The van der Waals surface area contributed by atoms with Crippen LogP contribution in [0, 0.1) is 11.6 Å². The summed E-state index contributed by atoms with van der Waals surface area (Å²) in [5.74, 6) is 0.517. The van der Waals surface area contributed by atoms with Gasteiger partial charge in [0.25, 0.3) is 5.91 Å². The van der Waals surface area contributed by atoms with Crippen LogP contribution >= 0.6 is 0 Å². The zero-order chi connectivity index (χ0) is 19.1. The van der Waals surface area contributed by atoms with Crippen LogP contribution in [0.5, 0.6) is 17.2 Å². The third-order valence-electron chi connectivity index (χ3n) is 3.62. The van der Waals surface area contributed by atoms with Gasteiger partial charge in [-0.1, -0.05) is 12.1 Å². The normalized spacial score (nSPS) is 10.3. The first kappa shape index (κ1) is 18.4. The van der Waals surface area contributed by atoms with Crippen molar-refractivity contribution in [2.24, 2.45) is 0 Å². The quantitative estimate of drug-likeness (QED) is 0.669. The zero-order valence-electron chi connectivity index (χ0n) is 14.3. The standard InChI is InChI=1S/C21H17F2NO3/c22-16-4-8-18(9-5-16)26-14-21(25)24-13-15-2-1-3-20(12-15)27-19-10-6-17(23)7-11-19/h1-12H,13-14H2,(H,24,25). The van der Waals surface area contributed by atoms with Crippen LogP contribution in [0.2, 0.25) is 0 Å². The van der Waals surface area contributed by atoms with Crippen LogP contribution in [0.25, 0.3) is 0 Å². The molecule has 138 valence electrons. The van der Waals surface area contributed by atoms with Gasteiger partial charge in [-0.25, -0.2) is 8.78 Å². The first-order valence-electron chi connectivity index (χ1n) is 8.26. The second-order valence-corrected chi connectivity index (χ2v) is 5.72. The summed E-state index contributed by atoms with van der Waals surface area (Å²) in [5, 5.41) is 2.74. The van der Waals surface area contributed by atoms with E-state index in [2.05, 4.69) is 5.32 Å². The Morgan fingerprint density at radius 2 is 1.44 bits per heavy atom. The van der Waals surface area contributed by atoms with Crippen molar-refractivity contribution in [1.29, 1.82) is 0 Å². The molecule has 3 rings (SSSR count). The lowest BCUT2D eigenvalue weighted by Gasteiger charge is -2.10. The highest BCUT2D eigenvalue weighted by atomic mass is 19.1. The van der Waals surface area contributed by atoms with Crippen molar-refractivity contribution in [3.05, 3.63) is 90.0 Å². The summed E-state index contributed by atoms with van der Waals surface area (Å²) < 4.78 is 36.7. The fourth-order valence-electron chi connectivity index (χ4n) is 2.29. The van der Waals surface area contributed by atoms with Crippen molar-refractivity contribution >= 4 is 5.91 Å². The summed E-state index contributed by atoms with van der Waals surface area (Å²) in [6, 6.07) is 18.4. The molecule has 27 heavy (non-hydrogen) atoms. The molecule has 0 bridgehead atoms.